The molecular formula is C28H28BrF2N3O3. The van der Waals surface area contributed by atoms with Gasteiger partial charge in [0.1, 0.15) is 17.2 Å². The minimum Gasteiger partial charge on any atom is -0.457 e. The monoisotopic (exact) mass is 571 g/mol. The summed E-state index contributed by atoms with van der Waals surface area (Å²) >= 11 is 2.17. The van der Waals surface area contributed by atoms with Crippen molar-refractivity contribution in [3.05, 3.63) is 108 Å². The lowest BCUT2D eigenvalue weighted by Crippen LogP contribution is -2.24. The Kier molecular flexibility index (Phi) is 9.93. The molecule has 0 bridgehead atoms. The van der Waals surface area contributed by atoms with Crippen LogP contribution < -0.4 is 15.2 Å². The Morgan fingerprint density at radius 1 is 0.811 bits per heavy atom. The average Bonchev–Trinajstić information content (AvgIpc) is 2.85. The van der Waals surface area contributed by atoms with Crippen molar-refractivity contribution in [3.8, 4) is 17.2 Å². The topological polar surface area (TPSA) is 79.5 Å². The SMILES string of the molecule is CC(C)(COCc1cccc(Oc2ccccc2)c1)c1ccc(OC(F)(F)Br)cc1.Nc1ncccn1. The van der Waals surface area contributed by atoms with Gasteiger partial charge in [-0.3, -0.25) is 0 Å². The molecule has 194 valence electrons. The van der Waals surface area contributed by atoms with Crippen LogP contribution in [-0.2, 0) is 16.8 Å². The van der Waals surface area contributed by atoms with Gasteiger partial charge in [0.05, 0.1) is 13.2 Å². The number of nitrogen functional groups attached to an aromatic ring is 1. The van der Waals surface area contributed by atoms with Gasteiger partial charge in [-0.1, -0.05) is 56.3 Å². The van der Waals surface area contributed by atoms with Crippen molar-refractivity contribution in [2.75, 3.05) is 12.3 Å². The first-order valence-corrected chi connectivity index (χ1v) is 12.2. The van der Waals surface area contributed by atoms with Gasteiger partial charge in [0.2, 0.25) is 5.95 Å². The summed E-state index contributed by atoms with van der Waals surface area (Å²) in [6.07, 6.45) is 3.20. The Bertz CT molecular complexity index is 1220. The largest absolute Gasteiger partial charge is 0.459 e. The van der Waals surface area contributed by atoms with E-state index >= 15 is 0 Å². The molecule has 0 fully saturated rings. The van der Waals surface area contributed by atoms with Crippen LogP contribution in [0, 0.1) is 0 Å². The molecule has 0 aliphatic heterocycles. The lowest BCUT2D eigenvalue weighted by Gasteiger charge is -2.25. The zero-order chi connectivity index (χ0) is 26.7. The molecule has 0 atom stereocenters. The van der Waals surface area contributed by atoms with Crippen molar-refractivity contribution in [3.63, 3.8) is 0 Å². The molecule has 0 aliphatic rings. The Labute approximate surface area is 223 Å². The highest BCUT2D eigenvalue weighted by Crippen LogP contribution is 2.30. The maximum atomic E-state index is 12.9. The highest BCUT2D eigenvalue weighted by atomic mass is 79.9. The maximum Gasteiger partial charge on any atom is 0.459 e. The number of hydrogen-bond acceptors (Lipinski definition) is 6. The molecule has 1 heterocycles. The van der Waals surface area contributed by atoms with E-state index < -0.39 is 5.02 Å². The summed E-state index contributed by atoms with van der Waals surface area (Å²) in [4.78, 5) is 7.29. The third-order valence-electron chi connectivity index (χ3n) is 5.06. The van der Waals surface area contributed by atoms with Crippen LogP contribution in [0.1, 0.15) is 25.0 Å². The molecule has 0 aliphatic carbocycles. The summed E-state index contributed by atoms with van der Waals surface area (Å²) in [5.74, 6) is 1.94. The molecular weight excluding hydrogens is 544 g/mol. The lowest BCUT2D eigenvalue weighted by atomic mass is 9.85. The predicted octanol–water partition coefficient (Wildman–Crippen LogP) is 7.36. The number of rotatable bonds is 9. The highest BCUT2D eigenvalue weighted by Gasteiger charge is 2.27. The van der Waals surface area contributed by atoms with Crippen LogP contribution in [0.15, 0.2) is 97.3 Å². The van der Waals surface area contributed by atoms with E-state index in [1.54, 1.807) is 30.6 Å². The standard InChI is InChI=1S/C24H23BrF2O3.C4H5N3/c1-23(2,19-11-13-21(14-12-19)30-24(25,26)27)17-28-16-18-7-6-10-22(15-18)29-20-8-4-3-5-9-20;5-4-6-2-1-3-7-4/h3-15H,16-17H2,1-2H3;1-3H,(H2,5,6,7). The zero-order valence-electron chi connectivity index (χ0n) is 20.5. The molecule has 2 N–H and O–H groups in total. The number of ether oxygens (including phenoxy) is 3. The van der Waals surface area contributed by atoms with Gasteiger partial charge in [0, 0.05) is 33.7 Å². The van der Waals surface area contributed by atoms with Gasteiger partial charge in [-0.25, -0.2) is 9.97 Å². The van der Waals surface area contributed by atoms with E-state index in [9.17, 15) is 8.78 Å². The summed E-state index contributed by atoms with van der Waals surface area (Å²) in [6.45, 7) is 4.98. The van der Waals surface area contributed by atoms with E-state index in [4.69, 9.17) is 15.2 Å². The molecule has 3 aromatic carbocycles. The Hall–Kier alpha value is -3.56. The smallest absolute Gasteiger partial charge is 0.457 e. The van der Waals surface area contributed by atoms with Crippen LogP contribution in [0.25, 0.3) is 0 Å². The van der Waals surface area contributed by atoms with Crippen molar-refractivity contribution < 1.29 is 23.0 Å². The molecule has 0 saturated carbocycles. The predicted molar refractivity (Wildman–Crippen MR) is 143 cm³/mol. The summed E-state index contributed by atoms with van der Waals surface area (Å²) in [6, 6.07) is 25.7. The second-order valence-electron chi connectivity index (χ2n) is 8.62. The van der Waals surface area contributed by atoms with Gasteiger partial charge in [0.15, 0.2) is 0 Å². The van der Waals surface area contributed by atoms with E-state index in [1.165, 1.54) is 12.1 Å². The van der Waals surface area contributed by atoms with Gasteiger partial charge in [-0.05, 0) is 53.6 Å². The molecule has 37 heavy (non-hydrogen) atoms. The van der Waals surface area contributed by atoms with E-state index in [1.807, 2.05) is 68.4 Å². The third kappa shape index (κ3) is 10.1. The van der Waals surface area contributed by atoms with Crippen LogP contribution in [0.5, 0.6) is 17.2 Å². The number of anilines is 1. The van der Waals surface area contributed by atoms with Crippen LogP contribution in [-0.4, -0.2) is 21.6 Å². The first kappa shape index (κ1) is 28.0. The molecule has 0 amide bonds. The fourth-order valence-corrected chi connectivity index (χ4v) is 3.44. The number of alkyl halides is 3. The van der Waals surface area contributed by atoms with E-state index in [2.05, 4.69) is 30.6 Å². The molecule has 4 aromatic rings. The van der Waals surface area contributed by atoms with Gasteiger partial charge in [0.25, 0.3) is 0 Å². The number of hydrogen-bond donors (Lipinski definition) is 1. The van der Waals surface area contributed by atoms with Crippen LogP contribution in [0.4, 0.5) is 14.7 Å². The lowest BCUT2D eigenvalue weighted by molar-refractivity contribution is -0.0803. The van der Waals surface area contributed by atoms with E-state index in [0.29, 0.717) is 19.2 Å². The first-order valence-electron chi connectivity index (χ1n) is 11.4. The Morgan fingerprint density at radius 2 is 1.46 bits per heavy atom. The van der Waals surface area contributed by atoms with Gasteiger partial charge in [-0.15, -0.1) is 0 Å². The summed E-state index contributed by atoms with van der Waals surface area (Å²) in [5, 5.41) is -3.38. The summed E-state index contributed by atoms with van der Waals surface area (Å²) in [5.41, 5.74) is 6.81. The number of para-hydroxylation sites is 1. The molecule has 6 nitrogen and oxygen atoms in total. The van der Waals surface area contributed by atoms with Crippen molar-refractivity contribution in [1.29, 1.82) is 0 Å². The Balaban J connectivity index is 0.000000468. The summed E-state index contributed by atoms with van der Waals surface area (Å²) < 4.78 is 42.1. The number of halogens is 3. The zero-order valence-corrected chi connectivity index (χ0v) is 22.1. The molecule has 0 unspecified atom stereocenters. The van der Waals surface area contributed by atoms with Gasteiger partial charge in [-0.2, -0.15) is 8.78 Å². The third-order valence-corrected chi connectivity index (χ3v) is 5.23. The minimum atomic E-state index is -3.38. The first-order chi connectivity index (χ1) is 17.6. The molecule has 4 rings (SSSR count). The average molecular weight is 572 g/mol. The number of nitrogens with zero attached hydrogens (tertiary/aromatic N) is 2. The number of nitrogens with two attached hydrogens (primary N) is 1. The van der Waals surface area contributed by atoms with Gasteiger partial charge < -0.3 is 19.9 Å². The quantitative estimate of drug-likeness (QED) is 0.211. The number of benzene rings is 3. The fourth-order valence-electron chi connectivity index (χ4n) is 3.25. The maximum absolute atomic E-state index is 12.9. The van der Waals surface area contributed by atoms with E-state index in [-0.39, 0.29) is 11.2 Å². The molecule has 0 radical (unpaired) electrons. The second-order valence-corrected chi connectivity index (χ2v) is 9.54. The van der Waals surface area contributed by atoms with E-state index in [0.717, 1.165) is 22.6 Å². The minimum absolute atomic E-state index is 0.0903. The number of aromatic nitrogens is 2. The van der Waals surface area contributed by atoms with Crippen LogP contribution in [0.3, 0.4) is 0 Å². The molecule has 1 aromatic heterocycles. The van der Waals surface area contributed by atoms with Crippen LogP contribution >= 0.6 is 15.9 Å². The normalized spacial score (nSPS) is 11.3. The molecule has 0 saturated heterocycles. The Morgan fingerprint density at radius 3 is 2.05 bits per heavy atom. The van der Waals surface area contributed by atoms with Crippen molar-refractivity contribution in [1.82, 2.24) is 9.97 Å². The van der Waals surface area contributed by atoms with Crippen molar-refractivity contribution in [2.45, 2.75) is 30.9 Å². The molecule has 9 heteroatoms. The van der Waals surface area contributed by atoms with Crippen molar-refractivity contribution in [2.24, 2.45) is 0 Å². The summed E-state index contributed by atoms with van der Waals surface area (Å²) in [7, 11) is 0. The molecule has 0 spiro atoms. The highest BCUT2D eigenvalue weighted by molar-refractivity contribution is 9.09. The van der Waals surface area contributed by atoms with Gasteiger partial charge >= 0.3 is 5.02 Å². The fraction of sp³-hybridized carbons (Fsp3) is 0.214. The van der Waals surface area contributed by atoms with Crippen LogP contribution in [0.2, 0.25) is 0 Å². The van der Waals surface area contributed by atoms with Crippen molar-refractivity contribution >= 4 is 21.9 Å². The second kappa shape index (κ2) is 13.1.